The molecule has 0 radical (unpaired) electrons. The van der Waals surface area contributed by atoms with Crippen LogP contribution in [0.3, 0.4) is 0 Å². The molecule has 0 aliphatic carbocycles. The Balaban J connectivity index is 2.65. The van der Waals surface area contributed by atoms with Crippen molar-refractivity contribution in [3.8, 4) is 0 Å². The van der Waals surface area contributed by atoms with Gasteiger partial charge in [-0.25, -0.2) is 13.1 Å². The van der Waals surface area contributed by atoms with Crippen LogP contribution in [0.2, 0.25) is 0 Å². The molecule has 0 amide bonds. The van der Waals surface area contributed by atoms with Crippen molar-refractivity contribution < 1.29 is 8.42 Å². The zero-order valence-corrected chi connectivity index (χ0v) is 12.8. The van der Waals surface area contributed by atoms with E-state index in [1.165, 1.54) is 0 Å². The SMILES string of the molecule is CC(C)C(CN(C)C)NS(=O)(=O)C1CCNCC1. The Labute approximate surface area is 111 Å². The van der Waals surface area contributed by atoms with Crippen LogP contribution in [0.15, 0.2) is 0 Å². The second-order valence-electron chi connectivity index (χ2n) is 5.72. The van der Waals surface area contributed by atoms with Gasteiger partial charge in [0.15, 0.2) is 0 Å². The van der Waals surface area contributed by atoms with E-state index in [2.05, 4.69) is 23.9 Å². The largest absolute Gasteiger partial charge is 0.317 e. The molecule has 0 spiro atoms. The first-order chi connectivity index (χ1) is 8.33. The number of nitrogens with zero attached hydrogens (tertiary/aromatic N) is 1. The van der Waals surface area contributed by atoms with Gasteiger partial charge in [-0.15, -0.1) is 0 Å². The molecule has 1 saturated heterocycles. The lowest BCUT2D eigenvalue weighted by molar-refractivity contribution is 0.313. The Kier molecular flexibility index (Phi) is 6.04. The van der Waals surface area contributed by atoms with E-state index in [0.717, 1.165) is 19.6 Å². The van der Waals surface area contributed by atoms with Crippen molar-refractivity contribution in [2.75, 3.05) is 33.7 Å². The van der Waals surface area contributed by atoms with Gasteiger partial charge in [0.05, 0.1) is 5.25 Å². The fourth-order valence-electron chi connectivity index (χ4n) is 2.19. The van der Waals surface area contributed by atoms with Crippen LogP contribution in [-0.4, -0.2) is 58.3 Å². The molecule has 6 heteroatoms. The van der Waals surface area contributed by atoms with Crippen molar-refractivity contribution in [2.45, 2.75) is 38.0 Å². The molecule has 108 valence electrons. The first kappa shape index (κ1) is 15.9. The Morgan fingerprint density at radius 1 is 1.28 bits per heavy atom. The molecule has 0 bridgehead atoms. The Morgan fingerprint density at radius 2 is 1.83 bits per heavy atom. The molecule has 1 fully saturated rings. The van der Waals surface area contributed by atoms with E-state index in [1.807, 2.05) is 19.0 Å². The summed E-state index contributed by atoms with van der Waals surface area (Å²) in [4.78, 5) is 2.02. The van der Waals surface area contributed by atoms with Crippen LogP contribution < -0.4 is 10.0 Å². The highest BCUT2D eigenvalue weighted by Gasteiger charge is 2.30. The van der Waals surface area contributed by atoms with Crippen molar-refractivity contribution in [3.05, 3.63) is 0 Å². The highest BCUT2D eigenvalue weighted by Crippen LogP contribution is 2.14. The van der Waals surface area contributed by atoms with Gasteiger partial charge >= 0.3 is 0 Å². The zero-order valence-electron chi connectivity index (χ0n) is 11.9. The Hall–Kier alpha value is -0.170. The molecule has 1 unspecified atom stereocenters. The van der Waals surface area contributed by atoms with E-state index in [0.29, 0.717) is 18.8 Å². The number of rotatable bonds is 6. The number of sulfonamides is 1. The maximum absolute atomic E-state index is 12.3. The molecular weight excluding hydrogens is 250 g/mol. The lowest BCUT2D eigenvalue weighted by Gasteiger charge is -2.29. The molecule has 1 rings (SSSR count). The van der Waals surface area contributed by atoms with Crippen molar-refractivity contribution >= 4 is 10.0 Å². The van der Waals surface area contributed by atoms with Gasteiger partial charge in [0.1, 0.15) is 0 Å². The van der Waals surface area contributed by atoms with Gasteiger partial charge in [-0.3, -0.25) is 0 Å². The third-order valence-corrected chi connectivity index (χ3v) is 5.39. The Morgan fingerprint density at radius 3 is 2.28 bits per heavy atom. The van der Waals surface area contributed by atoms with E-state index >= 15 is 0 Å². The fraction of sp³-hybridized carbons (Fsp3) is 1.00. The molecule has 1 atom stereocenters. The second-order valence-corrected chi connectivity index (χ2v) is 7.72. The van der Waals surface area contributed by atoms with Crippen molar-refractivity contribution in [1.82, 2.24) is 14.9 Å². The summed E-state index contributed by atoms with van der Waals surface area (Å²) in [6.07, 6.45) is 1.42. The molecule has 0 saturated carbocycles. The van der Waals surface area contributed by atoms with Gasteiger partial charge in [-0.1, -0.05) is 13.8 Å². The van der Waals surface area contributed by atoms with E-state index in [9.17, 15) is 8.42 Å². The van der Waals surface area contributed by atoms with Crippen LogP contribution >= 0.6 is 0 Å². The molecule has 0 aromatic carbocycles. The third-order valence-electron chi connectivity index (χ3n) is 3.41. The average Bonchev–Trinajstić information content (AvgIpc) is 2.28. The predicted molar refractivity (Wildman–Crippen MR) is 75.1 cm³/mol. The van der Waals surface area contributed by atoms with Crippen LogP contribution in [0.1, 0.15) is 26.7 Å². The lowest BCUT2D eigenvalue weighted by atomic mass is 10.1. The van der Waals surface area contributed by atoms with Gasteiger partial charge in [-0.05, 0) is 45.9 Å². The summed E-state index contributed by atoms with van der Waals surface area (Å²) < 4.78 is 27.5. The second kappa shape index (κ2) is 6.84. The van der Waals surface area contributed by atoms with Crippen LogP contribution in [0.5, 0.6) is 0 Å². The van der Waals surface area contributed by atoms with Gasteiger partial charge < -0.3 is 10.2 Å². The van der Waals surface area contributed by atoms with Crippen LogP contribution in [0.25, 0.3) is 0 Å². The maximum atomic E-state index is 12.3. The Bertz CT molecular complexity index is 335. The molecule has 1 aliphatic rings. The van der Waals surface area contributed by atoms with E-state index < -0.39 is 10.0 Å². The summed E-state index contributed by atoms with van der Waals surface area (Å²) in [5, 5.41) is 2.96. The summed E-state index contributed by atoms with van der Waals surface area (Å²) in [7, 11) is 0.743. The van der Waals surface area contributed by atoms with Crippen molar-refractivity contribution in [3.63, 3.8) is 0 Å². The molecule has 0 aromatic rings. The smallest absolute Gasteiger partial charge is 0.214 e. The third kappa shape index (κ3) is 4.84. The van der Waals surface area contributed by atoms with E-state index in [1.54, 1.807) is 0 Å². The molecule has 1 aliphatic heterocycles. The molecule has 0 aromatic heterocycles. The van der Waals surface area contributed by atoms with Crippen LogP contribution in [0.4, 0.5) is 0 Å². The number of likely N-dealkylation sites (N-methyl/N-ethyl adjacent to an activating group) is 1. The monoisotopic (exact) mass is 277 g/mol. The van der Waals surface area contributed by atoms with E-state index in [-0.39, 0.29) is 11.3 Å². The van der Waals surface area contributed by atoms with Crippen LogP contribution in [0, 0.1) is 5.92 Å². The number of piperidine rings is 1. The number of nitrogens with one attached hydrogen (secondary N) is 2. The maximum Gasteiger partial charge on any atom is 0.214 e. The van der Waals surface area contributed by atoms with E-state index in [4.69, 9.17) is 0 Å². The summed E-state index contributed by atoms with van der Waals surface area (Å²) in [6, 6.07) is -0.0140. The topological polar surface area (TPSA) is 61.4 Å². The fourth-order valence-corrected chi connectivity index (χ4v) is 4.01. The first-order valence-electron chi connectivity index (χ1n) is 6.69. The van der Waals surface area contributed by atoms with Gasteiger partial charge in [-0.2, -0.15) is 0 Å². The normalized spacial score (nSPS) is 20.6. The predicted octanol–water partition coefficient (Wildman–Crippen LogP) is 0.244. The molecule has 2 N–H and O–H groups in total. The first-order valence-corrected chi connectivity index (χ1v) is 8.24. The quantitative estimate of drug-likeness (QED) is 0.730. The summed E-state index contributed by atoms with van der Waals surface area (Å²) in [5.41, 5.74) is 0. The molecule has 18 heavy (non-hydrogen) atoms. The van der Waals surface area contributed by atoms with Gasteiger partial charge in [0.2, 0.25) is 10.0 Å². The molecule has 5 nitrogen and oxygen atoms in total. The standard InChI is InChI=1S/C12H27N3O2S/c1-10(2)12(9-15(3)4)14-18(16,17)11-5-7-13-8-6-11/h10-14H,5-9H2,1-4H3. The summed E-state index contributed by atoms with van der Waals surface area (Å²) >= 11 is 0. The highest BCUT2D eigenvalue weighted by molar-refractivity contribution is 7.90. The van der Waals surface area contributed by atoms with Gasteiger partial charge in [0, 0.05) is 12.6 Å². The van der Waals surface area contributed by atoms with Crippen molar-refractivity contribution in [2.24, 2.45) is 5.92 Å². The molecule has 1 heterocycles. The summed E-state index contributed by atoms with van der Waals surface area (Å²) in [5.74, 6) is 0.295. The van der Waals surface area contributed by atoms with Gasteiger partial charge in [0.25, 0.3) is 0 Å². The molecular formula is C12H27N3O2S. The lowest BCUT2D eigenvalue weighted by Crippen LogP contribution is -2.50. The van der Waals surface area contributed by atoms with Crippen LogP contribution in [-0.2, 0) is 10.0 Å². The minimum absolute atomic E-state index is 0.0140. The number of hydrogen-bond donors (Lipinski definition) is 2. The zero-order chi connectivity index (χ0) is 13.8. The minimum atomic E-state index is -3.19. The average molecular weight is 277 g/mol. The highest BCUT2D eigenvalue weighted by atomic mass is 32.2. The van der Waals surface area contributed by atoms with Crippen molar-refractivity contribution in [1.29, 1.82) is 0 Å². The summed E-state index contributed by atoms with van der Waals surface area (Å²) in [6.45, 7) is 6.44. The minimum Gasteiger partial charge on any atom is -0.317 e. The number of hydrogen-bond acceptors (Lipinski definition) is 4.